The minimum Gasteiger partial charge on any atom is -0.490 e. The number of carbonyl (C=O) groups is 1. The summed E-state index contributed by atoms with van der Waals surface area (Å²) >= 11 is 0. The van der Waals surface area contributed by atoms with Crippen molar-refractivity contribution in [1.82, 2.24) is 0 Å². The molecule has 2 fully saturated rings. The molecule has 228 valence electrons. The molecule has 3 rings (SSSR count). The summed E-state index contributed by atoms with van der Waals surface area (Å²) in [5.74, 6) is -0.0303. The molecule has 2 saturated heterocycles. The Morgan fingerprint density at radius 3 is 1.68 bits per heavy atom. The van der Waals surface area contributed by atoms with Crippen LogP contribution in [0, 0.1) is 0 Å². The Balaban J connectivity index is 1.72. The Morgan fingerprint density at radius 2 is 1.20 bits per heavy atom. The summed E-state index contributed by atoms with van der Waals surface area (Å²) in [6, 6.07) is 2.81. The highest BCUT2D eigenvalue weighted by molar-refractivity contribution is 5.91. The van der Waals surface area contributed by atoms with Gasteiger partial charge in [0.1, 0.15) is 55.4 Å². The van der Waals surface area contributed by atoms with Crippen molar-refractivity contribution in [2.45, 2.75) is 82.2 Å². The van der Waals surface area contributed by atoms with E-state index >= 15 is 0 Å². The van der Waals surface area contributed by atoms with E-state index in [0.29, 0.717) is 12.4 Å². The smallest absolute Gasteiger partial charge is 0.338 e. The van der Waals surface area contributed by atoms with Crippen LogP contribution in [0.15, 0.2) is 12.1 Å². The molecular formula is C25H38O15. The Hall–Kier alpha value is -2.31. The van der Waals surface area contributed by atoms with Crippen molar-refractivity contribution in [3.63, 3.8) is 0 Å². The lowest BCUT2D eigenvalue weighted by Crippen LogP contribution is -2.63. The topological polar surface area (TPSA) is 223 Å². The molecule has 0 aromatic heterocycles. The van der Waals surface area contributed by atoms with E-state index in [1.807, 2.05) is 0 Å². The number of benzene rings is 1. The molecule has 0 spiro atoms. The van der Waals surface area contributed by atoms with E-state index < -0.39 is 80.6 Å². The van der Waals surface area contributed by atoms with Crippen LogP contribution in [-0.2, 0) is 18.9 Å². The van der Waals surface area contributed by atoms with Crippen molar-refractivity contribution in [1.29, 1.82) is 0 Å². The summed E-state index contributed by atoms with van der Waals surface area (Å²) < 4.78 is 38.2. The maximum atomic E-state index is 12.9. The number of rotatable bonds is 12. The minimum absolute atomic E-state index is 0.0374. The molecule has 0 bridgehead atoms. The molecule has 10 atom stereocenters. The zero-order valence-electron chi connectivity index (χ0n) is 22.4. The van der Waals surface area contributed by atoms with E-state index in [4.69, 9.17) is 33.2 Å². The standard InChI is InChI=1S/C25H38O15/c1-4-34-12-7-11(8-13(35-5-2)22(12)36-6-3)23(33)37-10-15-17(28)19(30)21(32)25(39-15)40-24-20(31)18(29)16(27)14(9-26)38-24/h7-8,14-21,24-32H,4-6,9-10H2,1-3H3. The summed E-state index contributed by atoms with van der Waals surface area (Å²) in [5, 5.41) is 70.6. The van der Waals surface area contributed by atoms with Gasteiger partial charge < -0.3 is 68.9 Å². The molecule has 40 heavy (non-hydrogen) atoms. The first-order valence-corrected chi connectivity index (χ1v) is 13.0. The monoisotopic (exact) mass is 578 g/mol. The first kappa shape index (κ1) is 32.2. The first-order chi connectivity index (χ1) is 19.1. The number of carbonyl (C=O) groups excluding carboxylic acids is 1. The average molecular weight is 579 g/mol. The fourth-order valence-electron chi connectivity index (χ4n) is 4.23. The third kappa shape index (κ3) is 7.12. The predicted octanol–water partition coefficient (Wildman–Crippen LogP) is -2.34. The molecule has 2 aliphatic heterocycles. The van der Waals surface area contributed by atoms with Crippen LogP contribution in [0.3, 0.4) is 0 Å². The first-order valence-electron chi connectivity index (χ1n) is 13.0. The highest BCUT2D eigenvalue weighted by Gasteiger charge is 2.50. The number of ether oxygens (including phenoxy) is 7. The van der Waals surface area contributed by atoms with Crippen LogP contribution >= 0.6 is 0 Å². The minimum atomic E-state index is -1.84. The van der Waals surface area contributed by atoms with Gasteiger partial charge in [-0.15, -0.1) is 0 Å². The summed E-state index contributed by atoms with van der Waals surface area (Å²) in [5.41, 5.74) is 0.0374. The molecule has 2 heterocycles. The van der Waals surface area contributed by atoms with Crippen LogP contribution in [0.25, 0.3) is 0 Å². The number of hydrogen-bond donors (Lipinski definition) is 7. The molecule has 0 aliphatic carbocycles. The van der Waals surface area contributed by atoms with Gasteiger partial charge in [-0.2, -0.15) is 0 Å². The van der Waals surface area contributed by atoms with Crippen molar-refractivity contribution in [3.8, 4) is 17.2 Å². The Labute approximate surface area is 230 Å². The second-order valence-electron chi connectivity index (χ2n) is 9.05. The molecule has 1 aromatic rings. The van der Waals surface area contributed by atoms with Gasteiger partial charge in [0, 0.05) is 0 Å². The third-order valence-corrected chi connectivity index (χ3v) is 6.31. The van der Waals surface area contributed by atoms with E-state index in [1.165, 1.54) is 12.1 Å². The van der Waals surface area contributed by atoms with Gasteiger partial charge in [-0.05, 0) is 32.9 Å². The van der Waals surface area contributed by atoms with Crippen LogP contribution in [0.1, 0.15) is 31.1 Å². The molecule has 7 N–H and O–H groups in total. The predicted molar refractivity (Wildman–Crippen MR) is 132 cm³/mol. The largest absolute Gasteiger partial charge is 0.490 e. The summed E-state index contributed by atoms with van der Waals surface area (Å²) in [6.07, 6.45) is -16.7. The van der Waals surface area contributed by atoms with Crippen LogP contribution in [0.5, 0.6) is 17.2 Å². The fraction of sp³-hybridized carbons (Fsp3) is 0.720. The molecule has 0 saturated carbocycles. The Morgan fingerprint density at radius 1 is 0.725 bits per heavy atom. The number of esters is 1. The molecule has 15 heteroatoms. The highest BCUT2D eigenvalue weighted by Crippen LogP contribution is 2.39. The van der Waals surface area contributed by atoms with Crippen LogP contribution < -0.4 is 14.2 Å². The van der Waals surface area contributed by atoms with Gasteiger partial charge in [0.15, 0.2) is 24.1 Å². The molecule has 1 aromatic carbocycles. The van der Waals surface area contributed by atoms with Crippen LogP contribution in [-0.4, -0.2) is 136 Å². The van der Waals surface area contributed by atoms with E-state index in [1.54, 1.807) is 20.8 Å². The Kier molecular flexibility index (Phi) is 11.7. The lowest BCUT2D eigenvalue weighted by molar-refractivity contribution is -0.376. The molecule has 0 radical (unpaired) electrons. The normalized spacial score (nSPS) is 34.2. The van der Waals surface area contributed by atoms with Crippen molar-refractivity contribution in [2.24, 2.45) is 0 Å². The summed E-state index contributed by atoms with van der Waals surface area (Å²) in [6.45, 7) is 4.85. The van der Waals surface area contributed by atoms with Gasteiger partial charge in [-0.1, -0.05) is 0 Å². The lowest BCUT2D eigenvalue weighted by Gasteiger charge is -2.44. The van der Waals surface area contributed by atoms with E-state index in [9.17, 15) is 40.5 Å². The maximum Gasteiger partial charge on any atom is 0.338 e. The number of hydrogen-bond acceptors (Lipinski definition) is 15. The second-order valence-corrected chi connectivity index (χ2v) is 9.05. The van der Waals surface area contributed by atoms with E-state index in [2.05, 4.69) is 0 Å². The lowest BCUT2D eigenvalue weighted by atomic mass is 9.98. The molecule has 10 unspecified atom stereocenters. The molecule has 15 nitrogen and oxygen atoms in total. The van der Waals surface area contributed by atoms with Gasteiger partial charge in [-0.25, -0.2) is 4.79 Å². The van der Waals surface area contributed by atoms with Gasteiger partial charge >= 0.3 is 5.97 Å². The molecule has 0 amide bonds. The zero-order chi connectivity index (χ0) is 29.6. The van der Waals surface area contributed by atoms with E-state index in [0.717, 1.165) is 0 Å². The Bertz CT molecular complexity index is 931. The number of aliphatic hydroxyl groups excluding tert-OH is 7. The van der Waals surface area contributed by atoms with Crippen molar-refractivity contribution < 1.29 is 73.7 Å². The van der Waals surface area contributed by atoms with E-state index in [-0.39, 0.29) is 30.3 Å². The van der Waals surface area contributed by atoms with Crippen LogP contribution in [0.4, 0.5) is 0 Å². The zero-order valence-corrected chi connectivity index (χ0v) is 22.4. The average Bonchev–Trinajstić information content (AvgIpc) is 2.94. The van der Waals surface area contributed by atoms with Crippen molar-refractivity contribution in [3.05, 3.63) is 17.7 Å². The van der Waals surface area contributed by atoms with Gasteiger partial charge in [0.05, 0.1) is 32.0 Å². The van der Waals surface area contributed by atoms with Crippen molar-refractivity contribution >= 4 is 5.97 Å². The quantitative estimate of drug-likeness (QED) is 0.129. The van der Waals surface area contributed by atoms with Gasteiger partial charge in [0.25, 0.3) is 0 Å². The molecular weight excluding hydrogens is 540 g/mol. The number of aliphatic hydroxyl groups is 7. The second kappa shape index (κ2) is 14.5. The van der Waals surface area contributed by atoms with Crippen molar-refractivity contribution in [2.75, 3.05) is 33.0 Å². The highest BCUT2D eigenvalue weighted by atomic mass is 16.8. The maximum absolute atomic E-state index is 12.9. The van der Waals surface area contributed by atoms with Crippen LogP contribution in [0.2, 0.25) is 0 Å². The summed E-state index contributed by atoms with van der Waals surface area (Å²) in [7, 11) is 0. The molecule has 2 aliphatic rings. The summed E-state index contributed by atoms with van der Waals surface area (Å²) in [4.78, 5) is 12.9. The third-order valence-electron chi connectivity index (χ3n) is 6.31. The van der Waals surface area contributed by atoms with Gasteiger partial charge in [-0.3, -0.25) is 0 Å². The van der Waals surface area contributed by atoms with Gasteiger partial charge in [0.2, 0.25) is 5.75 Å². The fourth-order valence-corrected chi connectivity index (χ4v) is 4.23. The SMILES string of the molecule is CCOc1cc(C(=O)OCC2OC(OC3OC(CO)C(O)C(O)C3O)C(O)C(O)C2O)cc(OCC)c1OCC.